The van der Waals surface area contributed by atoms with Gasteiger partial charge in [0.1, 0.15) is 0 Å². The fraction of sp³-hybridized carbons (Fsp3) is 0.400. The van der Waals surface area contributed by atoms with Gasteiger partial charge in [0, 0.05) is 6.07 Å². The number of anilines is 1. The lowest BCUT2D eigenvalue weighted by Crippen LogP contribution is -2.06. The summed E-state index contributed by atoms with van der Waals surface area (Å²) >= 11 is 0. The first-order valence-electron chi connectivity index (χ1n) is 4.66. The van der Waals surface area contributed by atoms with E-state index >= 15 is 0 Å². The first-order valence-corrected chi connectivity index (χ1v) is 4.66. The van der Waals surface area contributed by atoms with Crippen LogP contribution in [0.3, 0.4) is 0 Å². The minimum absolute atomic E-state index is 0.200. The van der Waals surface area contributed by atoms with E-state index in [1.165, 1.54) is 0 Å². The Labute approximate surface area is 88.3 Å². The number of carbonyl (C=O) groups is 1. The van der Waals surface area contributed by atoms with Crippen molar-refractivity contribution in [3.05, 3.63) is 17.9 Å². The highest BCUT2D eigenvalue weighted by Gasteiger charge is 2.12. The summed E-state index contributed by atoms with van der Waals surface area (Å²) in [5.41, 5.74) is 0. The third-order valence-electron chi connectivity index (χ3n) is 1.55. The molecule has 1 N–H and O–H groups in total. The SMILES string of the molecule is CCOC(=O)c1ccc(NC=[N+](C)C)o1. The van der Waals surface area contributed by atoms with Crippen molar-refractivity contribution < 1.29 is 18.5 Å². The monoisotopic (exact) mass is 211 g/mol. The molecule has 0 atom stereocenters. The molecule has 0 aromatic carbocycles. The normalized spacial score (nSPS) is 9.53. The van der Waals surface area contributed by atoms with Gasteiger partial charge in [0.2, 0.25) is 12.1 Å². The summed E-state index contributed by atoms with van der Waals surface area (Å²) in [6, 6.07) is 3.25. The van der Waals surface area contributed by atoms with Crippen LogP contribution >= 0.6 is 0 Å². The van der Waals surface area contributed by atoms with Crippen LogP contribution in [0.25, 0.3) is 0 Å². The van der Waals surface area contributed by atoms with Crippen molar-refractivity contribution in [1.82, 2.24) is 0 Å². The molecule has 5 nitrogen and oxygen atoms in total. The Hall–Kier alpha value is -1.78. The van der Waals surface area contributed by atoms with Gasteiger partial charge in [-0.25, -0.2) is 10.1 Å². The van der Waals surface area contributed by atoms with Gasteiger partial charge in [-0.1, -0.05) is 0 Å². The van der Waals surface area contributed by atoms with Crippen LogP contribution in [0.15, 0.2) is 16.5 Å². The second-order valence-corrected chi connectivity index (χ2v) is 3.12. The summed E-state index contributed by atoms with van der Waals surface area (Å²) in [4.78, 5) is 11.2. The second-order valence-electron chi connectivity index (χ2n) is 3.12. The van der Waals surface area contributed by atoms with E-state index in [0.717, 1.165) is 0 Å². The Balaban J connectivity index is 2.64. The predicted octanol–water partition coefficient (Wildman–Crippen LogP) is 1.17. The maximum absolute atomic E-state index is 11.2. The summed E-state index contributed by atoms with van der Waals surface area (Å²) < 4.78 is 11.8. The summed E-state index contributed by atoms with van der Waals surface area (Å²) in [6.07, 6.45) is 1.72. The average molecular weight is 211 g/mol. The molecule has 15 heavy (non-hydrogen) atoms. The molecule has 0 amide bonds. The van der Waals surface area contributed by atoms with Gasteiger partial charge in [-0.3, -0.25) is 4.58 Å². The van der Waals surface area contributed by atoms with Crippen LogP contribution in [0.4, 0.5) is 5.88 Å². The number of ether oxygens (including phenoxy) is 1. The zero-order valence-electron chi connectivity index (χ0n) is 9.11. The Bertz CT molecular complexity index is 364. The molecule has 1 heterocycles. The third-order valence-corrected chi connectivity index (χ3v) is 1.55. The number of rotatable bonds is 4. The number of nitrogens with zero attached hydrogens (tertiary/aromatic N) is 1. The van der Waals surface area contributed by atoms with Crippen LogP contribution in [-0.4, -0.2) is 37.6 Å². The van der Waals surface area contributed by atoms with Crippen LogP contribution < -0.4 is 5.32 Å². The average Bonchev–Trinajstić information content (AvgIpc) is 2.63. The largest absolute Gasteiger partial charge is 0.460 e. The van der Waals surface area contributed by atoms with E-state index in [4.69, 9.17) is 9.15 Å². The van der Waals surface area contributed by atoms with E-state index in [1.807, 2.05) is 18.7 Å². The Kier molecular flexibility index (Phi) is 3.91. The van der Waals surface area contributed by atoms with Gasteiger partial charge in [0.15, 0.2) is 0 Å². The number of hydrogen-bond acceptors (Lipinski definition) is 3. The predicted molar refractivity (Wildman–Crippen MR) is 56.5 cm³/mol. The minimum atomic E-state index is -0.449. The van der Waals surface area contributed by atoms with Gasteiger partial charge in [-0.05, 0) is 13.0 Å². The molecule has 1 aromatic rings. The highest BCUT2D eigenvalue weighted by Crippen LogP contribution is 2.13. The molecule has 0 aliphatic carbocycles. The standard InChI is InChI=1S/C10H14N2O3/c1-4-14-10(13)8-5-6-9(15-8)11-7-12(2)3/h5-7H,4H2,1-3H3/p+1. The Morgan fingerprint density at radius 3 is 2.93 bits per heavy atom. The zero-order chi connectivity index (χ0) is 11.3. The van der Waals surface area contributed by atoms with Crippen molar-refractivity contribution in [2.45, 2.75) is 6.92 Å². The number of hydrogen-bond donors (Lipinski definition) is 1. The molecule has 0 saturated carbocycles. The van der Waals surface area contributed by atoms with Crippen molar-refractivity contribution in [3.63, 3.8) is 0 Å². The molecule has 0 spiro atoms. The van der Waals surface area contributed by atoms with E-state index in [2.05, 4.69) is 5.32 Å². The Morgan fingerprint density at radius 1 is 1.60 bits per heavy atom. The van der Waals surface area contributed by atoms with Crippen molar-refractivity contribution in [1.29, 1.82) is 0 Å². The summed E-state index contributed by atoms with van der Waals surface area (Å²) in [6.45, 7) is 2.09. The minimum Gasteiger partial charge on any atom is -0.460 e. The molecule has 0 bridgehead atoms. The van der Waals surface area contributed by atoms with Crippen LogP contribution in [0, 0.1) is 0 Å². The lowest BCUT2D eigenvalue weighted by atomic mass is 10.4. The molecular formula is C10H15N2O3+. The van der Waals surface area contributed by atoms with Crippen molar-refractivity contribution >= 4 is 18.2 Å². The van der Waals surface area contributed by atoms with Crippen LogP contribution in [0.2, 0.25) is 0 Å². The summed E-state index contributed by atoms with van der Waals surface area (Å²) in [5, 5.41) is 2.89. The van der Waals surface area contributed by atoms with Gasteiger partial charge >= 0.3 is 5.97 Å². The molecule has 0 aliphatic rings. The van der Waals surface area contributed by atoms with Crippen LogP contribution in [-0.2, 0) is 4.74 Å². The van der Waals surface area contributed by atoms with Gasteiger partial charge in [0.05, 0.1) is 20.7 Å². The lowest BCUT2D eigenvalue weighted by Gasteiger charge is -1.96. The second kappa shape index (κ2) is 5.19. The maximum Gasteiger partial charge on any atom is 0.374 e. The quantitative estimate of drug-likeness (QED) is 0.351. The Morgan fingerprint density at radius 2 is 2.33 bits per heavy atom. The van der Waals surface area contributed by atoms with Crippen LogP contribution in [0.1, 0.15) is 17.5 Å². The summed E-state index contributed by atoms with van der Waals surface area (Å²) in [5.74, 6) is 0.258. The van der Waals surface area contributed by atoms with Crippen molar-refractivity contribution in [2.24, 2.45) is 0 Å². The van der Waals surface area contributed by atoms with Gasteiger partial charge < -0.3 is 9.15 Å². The molecular weight excluding hydrogens is 196 g/mol. The molecule has 1 aromatic heterocycles. The van der Waals surface area contributed by atoms with Gasteiger partial charge in [-0.2, -0.15) is 0 Å². The van der Waals surface area contributed by atoms with Gasteiger partial charge in [0.25, 0.3) is 5.88 Å². The molecule has 0 radical (unpaired) electrons. The van der Waals surface area contributed by atoms with Gasteiger partial charge in [-0.15, -0.1) is 0 Å². The topological polar surface area (TPSA) is 54.5 Å². The highest BCUT2D eigenvalue weighted by atomic mass is 16.5. The molecule has 5 heteroatoms. The molecule has 1 rings (SSSR count). The number of furan rings is 1. The number of carbonyl (C=O) groups excluding carboxylic acids is 1. The fourth-order valence-electron chi connectivity index (χ4n) is 0.920. The van der Waals surface area contributed by atoms with E-state index in [-0.39, 0.29) is 5.76 Å². The smallest absolute Gasteiger partial charge is 0.374 e. The maximum atomic E-state index is 11.2. The van der Waals surface area contributed by atoms with Crippen molar-refractivity contribution in [3.8, 4) is 0 Å². The number of esters is 1. The highest BCUT2D eigenvalue weighted by molar-refractivity contribution is 5.87. The first-order chi connectivity index (χ1) is 7.13. The summed E-state index contributed by atoms with van der Waals surface area (Å²) in [7, 11) is 3.75. The van der Waals surface area contributed by atoms with E-state index < -0.39 is 5.97 Å². The lowest BCUT2D eigenvalue weighted by molar-refractivity contribution is -0.459. The molecule has 0 fully saturated rings. The fourth-order valence-corrected chi connectivity index (χ4v) is 0.920. The zero-order valence-corrected chi connectivity index (χ0v) is 9.11. The van der Waals surface area contributed by atoms with E-state index in [0.29, 0.717) is 12.5 Å². The molecule has 0 unspecified atom stereocenters. The first kappa shape index (κ1) is 11.3. The van der Waals surface area contributed by atoms with Crippen molar-refractivity contribution in [2.75, 3.05) is 26.0 Å². The molecule has 0 aliphatic heterocycles. The molecule has 82 valence electrons. The van der Waals surface area contributed by atoms with E-state index in [1.54, 1.807) is 25.4 Å². The number of nitrogens with one attached hydrogen (secondary N) is 1. The van der Waals surface area contributed by atoms with Crippen LogP contribution in [0.5, 0.6) is 0 Å². The molecule has 0 saturated heterocycles. The third kappa shape index (κ3) is 3.46. The van der Waals surface area contributed by atoms with E-state index in [9.17, 15) is 4.79 Å².